The van der Waals surface area contributed by atoms with Crippen LogP contribution in [0.4, 0.5) is 8.78 Å². The van der Waals surface area contributed by atoms with Gasteiger partial charge >= 0.3 is 0 Å². The number of likely N-dealkylation sites (N-methyl/N-ethyl adjacent to an activating group) is 1. The summed E-state index contributed by atoms with van der Waals surface area (Å²) in [7, 11) is 5.23. The van der Waals surface area contributed by atoms with E-state index in [1.807, 2.05) is 13.8 Å². The Kier molecular flexibility index (Phi) is 9.02. The van der Waals surface area contributed by atoms with E-state index in [4.69, 9.17) is 0 Å². The summed E-state index contributed by atoms with van der Waals surface area (Å²) < 4.78 is 28.5. The van der Waals surface area contributed by atoms with E-state index in [0.29, 0.717) is 5.96 Å². The van der Waals surface area contributed by atoms with Crippen LogP contribution in [0.25, 0.3) is 0 Å². The molecule has 0 spiro atoms. The van der Waals surface area contributed by atoms with Gasteiger partial charge in [-0.25, -0.2) is 8.78 Å². The van der Waals surface area contributed by atoms with Crippen molar-refractivity contribution < 1.29 is 13.6 Å². The van der Waals surface area contributed by atoms with Crippen molar-refractivity contribution in [1.29, 1.82) is 0 Å². The predicted octanol–water partition coefficient (Wildman–Crippen LogP) is 2.82. The van der Waals surface area contributed by atoms with Crippen LogP contribution in [0.3, 0.4) is 0 Å². The highest BCUT2D eigenvalue weighted by Crippen LogP contribution is 2.25. The van der Waals surface area contributed by atoms with Gasteiger partial charge in [-0.05, 0) is 59.3 Å². The Balaban J connectivity index is 1.98. The molecule has 168 valence electrons. The minimum atomic E-state index is -0.565. The molecule has 0 bridgehead atoms. The van der Waals surface area contributed by atoms with Gasteiger partial charge in [-0.2, -0.15) is 0 Å². The molecule has 1 amide bonds. The fourth-order valence-corrected chi connectivity index (χ4v) is 3.91. The predicted molar refractivity (Wildman–Crippen MR) is 116 cm³/mol. The molecule has 1 aromatic rings. The summed E-state index contributed by atoms with van der Waals surface area (Å²) >= 11 is 0. The monoisotopic (exact) mass is 423 g/mol. The number of nitrogens with one attached hydrogen (secondary N) is 3. The lowest BCUT2D eigenvalue weighted by atomic mass is 9.85. The molecule has 3 atom stereocenters. The lowest BCUT2D eigenvalue weighted by Gasteiger charge is -2.31. The van der Waals surface area contributed by atoms with Gasteiger partial charge in [-0.3, -0.25) is 9.79 Å². The molecular weight excluding hydrogens is 388 g/mol. The second kappa shape index (κ2) is 11.2. The molecular formula is C22H35F2N5O. The van der Waals surface area contributed by atoms with Crippen molar-refractivity contribution in [1.82, 2.24) is 20.9 Å². The third-order valence-corrected chi connectivity index (χ3v) is 5.46. The van der Waals surface area contributed by atoms with E-state index in [1.165, 1.54) is 18.2 Å². The Morgan fingerprint density at radius 3 is 2.47 bits per heavy atom. The van der Waals surface area contributed by atoms with Crippen LogP contribution in [0, 0.1) is 17.6 Å². The highest BCUT2D eigenvalue weighted by molar-refractivity contribution is 5.81. The largest absolute Gasteiger partial charge is 0.354 e. The Hall–Kier alpha value is -2.22. The van der Waals surface area contributed by atoms with Crippen molar-refractivity contribution in [3.63, 3.8) is 0 Å². The summed E-state index contributed by atoms with van der Waals surface area (Å²) in [6, 6.07) is 3.65. The maximum absolute atomic E-state index is 14.3. The Bertz CT molecular complexity index is 718. The van der Waals surface area contributed by atoms with E-state index in [0.717, 1.165) is 25.7 Å². The maximum atomic E-state index is 14.3. The van der Waals surface area contributed by atoms with Crippen LogP contribution in [-0.2, 0) is 4.79 Å². The highest BCUT2D eigenvalue weighted by Gasteiger charge is 2.28. The second-order valence-corrected chi connectivity index (χ2v) is 8.44. The van der Waals surface area contributed by atoms with Crippen LogP contribution < -0.4 is 16.0 Å². The van der Waals surface area contributed by atoms with Gasteiger partial charge in [0.15, 0.2) is 5.96 Å². The third-order valence-electron chi connectivity index (χ3n) is 5.46. The van der Waals surface area contributed by atoms with Gasteiger partial charge in [0.25, 0.3) is 0 Å². The fourth-order valence-electron chi connectivity index (χ4n) is 3.91. The highest BCUT2D eigenvalue weighted by atomic mass is 19.1. The van der Waals surface area contributed by atoms with E-state index >= 15 is 0 Å². The number of carbonyl (C=O) groups is 1. The van der Waals surface area contributed by atoms with E-state index in [9.17, 15) is 13.6 Å². The summed E-state index contributed by atoms with van der Waals surface area (Å²) in [5.74, 6) is -0.482. The second-order valence-electron chi connectivity index (χ2n) is 8.44. The van der Waals surface area contributed by atoms with Crippen LogP contribution >= 0.6 is 0 Å². The molecule has 6 nitrogen and oxygen atoms in total. The molecule has 1 fully saturated rings. The van der Waals surface area contributed by atoms with Gasteiger partial charge in [-0.1, -0.05) is 12.5 Å². The molecule has 1 aliphatic rings. The van der Waals surface area contributed by atoms with Crippen LogP contribution in [0.15, 0.2) is 23.2 Å². The molecule has 0 heterocycles. The van der Waals surface area contributed by atoms with Crippen molar-refractivity contribution in [3.8, 4) is 0 Å². The average molecular weight is 424 g/mol. The first-order valence-corrected chi connectivity index (χ1v) is 10.6. The molecule has 8 heteroatoms. The smallest absolute Gasteiger partial charge is 0.223 e. The molecule has 1 saturated carbocycles. The third kappa shape index (κ3) is 6.65. The average Bonchev–Trinajstić information content (AvgIpc) is 2.68. The van der Waals surface area contributed by atoms with E-state index in [1.54, 1.807) is 26.0 Å². The summed E-state index contributed by atoms with van der Waals surface area (Å²) in [6.45, 7) is 4.21. The van der Waals surface area contributed by atoms with Gasteiger partial charge in [-0.15, -0.1) is 0 Å². The molecule has 1 aliphatic carbocycles. The van der Waals surface area contributed by atoms with Gasteiger partial charge in [0.1, 0.15) is 11.6 Å². The maximum Gasteiger partial charge on any atom is 0.223 e. The summed E-state index contributed by atoms with van der Waals surface area (Å²) in [5.41, 5.74) is 0.0357. The first-order chi connectivity index (χ1) is 14.2. The molecule has 0 aliphatic heterocycles. The first-order valence-electron chi connectivity index (χ1n) is 10.6. The Morgan fingerprint density at radius 2 is 1.90 bits per heavy atom. The number of benzene rings is 1. The summed E-state index contributed by atoms with van der Waals surface area (Å²) in [4.78, 5) is 18.4. The van der Waals surface area contributed by atoms with Crippen LogP contribution in [0.5, 0.6) is 0 Å². The number of aliphatic imine (C=N–C) groups is 1. The van der Waals surface area contributed by atoms with Gasteiger partial charge in [0.05, 0.1) is 6.04 Å². The molecule has 1 aromatic carbocycles. The van der Waals surface area contributed by atoms with Crippen molar-refractivity contribution in [2.75, 3.05) is 27.7 Å². The van der Waals surface area contributed by atoms with Crippen LogP contribution in [0.2, 0.25) is 0 Å². The normalized spacial score (nSPS) is 20.9. The van der Waals surface area contributed by atoms with E-state index in [2.05, 4.69) is 20.9 Å². The number of nitrogens with zero attached hydrogens (tertiary/aromatic N) is 2. The van der Waals surface area contributed by atoms with Gasteiger partial charge in [0.2, 0.25) is 5.91 Å². The molecule has 0 saturated heterocycles. The lowest BCUT2D eigenvalue weighted by molar-refractivity contribution is -0.126. The number of halogens is 2. The van der Waals surface area contributed by atoms with Crippen molar-refractivity contribution in [3.05, 3.63) is 35.4 Å². The standard InChI is InChI=1S/C22H35F2N5O/c1-14(2)27-21(30)15-8-6-9-16(12-15)28-22(25-3)26-13-19(29(4)5)20-17(23)10-7-11-18(20)24/h7,10-11,14-16,19H,6,8-9,12-13H2,1-5H3,(H,27,30)(H2,25,26,28). The Morgan fingerprint density at radius 1 is 1.23 bits per heavy atom. The van der Waals surface area contributed by atoms with Gasteiger partial charge < -0.3 is 20.9 Å². The van der Waals surface area contributed by atoms with E-state index < -0.39 is 17.7 Å². The molecule has 3 unspecified atom stereocenters. The molecule has 0 aromatic heterocycles. The molecule has 3 N–H and O–H groups in total. The van der Waals surface area contributed by atoms with Crippen molar-refractivity contribution >= 4 is 11.9 Å². The number of rotatable bonds is 7. The zero-order valence-corrected chi connectivity index (χ0v) is 18.6. The summed E-state index contributed by atoms with van der Waals surface area (Å²) in [5, 5.41) is 9.55. The number of hydrogen-bond acceptors (Lipinski definition) is 3. The zero-order chi connectivity index (χ0) is 22.3. The van der Waals surface area contributed by atoms with Crippen molar-refractivity contribution in [2.45, 2.75) is 57.7 Å². The number of guanidine groups is 1. The minimum Gasteiger partial charge on any atom is -0.354 e. The number of carbonyl (C=O) groups excluding carboxylic acids is 1. The molecule has 2 rings (SSSR count). The van der Waals surface area contributed by atoms with Crippen LogP contribution in [0.1, 0.15) is 51.1 Å². The van der Waals surface area contributed by atoms with E-state index in [-0.39, 0.29) is 36.0 Å². The molecule has 0 radical (unpaired) electrons. The topological polar surface area (TPSA) is 68.8 Å². The number of amides is 1. The summed E-state index contributed by atoms with van der Waals surface area (Å²) in [6.07, 6.45) is 3.53. The van der Waals surface area contributed by atoms with Crippen LogP contribution in [-0.4, -0.2) is 56.5 Å². The fraction of sp³-hybridized carbons (Fsp3) is 0.636. The van der Waals surface area contributed by atoms with Gasteiger partial charge in [0, 0.05) is 37.2 Å². The Labute approximate surface area is 178 Å². The lowest BCUT2D eigenvalue weighted by Crippen LogP contribution is -2.49. The zero-order valence-electron chi connectivity index (χ0n) is 18.6. The number of hydrogen-bond donors (Lipinski definition) is 3. The first kappa shape index (κ1) is 24.1. The SMILES string of the molecule is CN=C(NCC(c1c(F)cccc1F)N(C)C)NC1CCCC(C(=O)NC(C)C)C1. The quantitative estimate of drug-likeness (QED) is 0.466. The molecule has 30 heavy (non-hydrogen) atoms. The van der Waals surface area contributed by atoms with Crippen molar-refractivity contribution in [2.24, 2.45) is 10.9 Å². The minimum absolute atomic E-state index is 0.0150.